The summed E-state index contributed by atoms with van der Waals surface area (Å²) >= 11 is 0. The van der Waals surface area contributed by atoms with E-state index in [0.717, 1.165) is 5.56 Å². The fraction of sp³-hybridized carbons (Fsp3) is 0.0714. The number of rotatable bonds is 4. The Bertz CT molecular complexity index is 707. The Morgan fingerprint density at radius 3 is 2.95 bits per heavy atom. The quantitative estimate of drug-likeness (QED) is 0.768. The van der Waals surface area contributed by atoms with Crippen molar-refractivity contribution in [2.75, 3.05) is 5.32 Å². The molecule has 0 fully saturated rings. The van der Waals surface area contributed by atoms with Crippen LogP contribution in [-0.4, -0.2) is 16.2 Å². The van der Waals surface area contributed by atoms with E-state index in [0.29, 0.717) is 23.9 Å². The third-order valence-corrected chi connectivity index (χ3v) is 2.69. The van der Waals surface area contributed by atoms with Crippen molar-refractivity contribution in [2.45, 2.75) is 6.54 Å². The van der Waals surface area contributed by atoms with Gasteiger partial charge in [0.2, 0.25) is 5.76 Å². The fourth-order valence-electron chi connectivity index (χ4n) is 1.71. The number of hydrogen-bond acceptors (Lipinski definition) is 5. The molecule has 2 amide bonds. The second-order valence-electron chi connectivity index (χ2n) is 4.22. The lowest BCUT2D eigenvalue weighted by atomic mass is 10.3. The Balaban J connectivity index is 1.55. The van der Waals surface area contributed by atoms with Crippen molar-refractivity contribution in [3.8, 4) is 11.5 Å². The van der Waals surface area contributed by atoms with E-state index in [9.17, 15) is 4.79 Å². The van der Waals surface area contributed by atoms with Crippen molar-refractivity contribution in [3.05, 3.63) is 54.6 Å². The molecule has 3 rings (SSSR count). The number of aromatic nitrogens is 2. The smallest absolute Gasteiger partial charge is 0.320 e. The van der Waals surface area contributed by atoms with Crippen molar-refractivity contribution >= 4 is 11.8 Å². The maximum absolute atomic E-state index is 11.7. The van der Waals surface area contributed by atoms with Crippen LogP contribution in [0.5, 0.6) is 0 Å². The van der Waals surface area contributed by atoms with Crippen LogP contribution in [0.2, 0.25) is 0 Å². The van der Waals surface area contributed by atoms with E-state index >= 15 is 0 Å². The number of carbonyl (C=O) groups excluding carboxylic acids is 1. The molecule has 21 heavy (non-hydrogen) atoms. The van der Waals surface area contributed by atoms with Gasteiger partial charge < -0.3 is 14.3 Å². The van der Waals surface area contributed by atoms with Crippen molar-refractivity contribution in [2.24, 2.45) is 0 Å². The van der Waals surface area contributed by atoms with E-state index in [-0.39, 0.29) is 6.03 Å². The zero-order valence-electron chi connectivity index (χ0n) is 10.9. The SMILES string of the molecule is O=C(NCc1cccnc1)Nc1cc(-c2ccco2)on1. The Kier molecular flexibility index (Phi) is 3.64. The number of nitrogens with zero attached hydrogens (tertiary/aromatic N) is 2. The number of nitrogens with one attached hydrogen (secondary N) is 2. The first-order valence-corrected chi connectivity index (χ1v) is 6.25. The fourth-order valence-corrected chi connectivity index (χ4v) is 1.71. The van der Waals surface area contributed by atoms with Crippen LogP contribution in [0.15, 0.2) is 57.9 Å². The highest BCUT2D eigenvalue weighted by molar-refractivity contribution is 5.88. The van der Waals surface area contributed by atoms with E-state index in [1.54, 1.807) is 30.6 Å². The van der Waals surface area contributed by atoms with E-state index < -0.39 is 0 Å². The highest BCUT2D eigenvalue weighted by Crippen LogP contribution is 2.22. The number of pyridine rings is 1. The molecule has 0 aromatic carbocycles. The Labute approximate surface area is 120 Å². The minimum atomic E-state index is -0.377. The van der Waals surface area contributed by atoms with Crippen LogP contribution in [0, 0.1) is 0 Å². The largest absolute Gasteiger partial charge is 0.461 e. The molecule has 0 radical (unpaired) electrons. The van der Waals surface area contributed by atoms with Gasteiger partial charge in [0, 0.05) is 25.0 Å². The average molecular weight is 284 g/mol. The summed E-state index contributed by atoms with van der Waals surface area (Å²) in [4.78, 5) is 15.7. The number of carbonyl (C=O) groups is 1. The summed E-state index contributed by atoms with van der Waals surface area (Å²) in [7, 11) is 0. The molecule has 0 atom stereocenters. The van der Waals surface area contributed by atoms with Gasteiger partial charge in [-0.05, 0) is 23.8 Å². The van der Waals surface area contributed by atoms with Crippen LogP contribution in [0.25, 0.3) is 11.5 Å². The summed E-state index contributed by atoms with van der Waals surface area (Å²) in [5.74, 6) is 1.30. The van der Waals surface area contributed by atoms with Crippen molar-refractivity contribution in [1.29, 1.82) is 0 Å². The Morgan fingerprint density at radius 1 is 1.24 bits per heavy atom. The summed E-state index contributed by atoms with van der Waals surface area (Å²) in [6, 6.07) is 8.37. The topological polar surface area (TPSA) is 93.2 Å². The summed E-state index contributed by atoms with van der Waals surface area (Å²) < 4.78 is 10.3. The van der Waals surface area contributed by atoms with Crippen LogP contribution < -0.4 is 10.6 Å². The predicted molar refractivity (Wildman–Crippen MR) is 74.3 cm³/mol. The van der Waals surface area contributed by atoms with Gasteiger partial charge in [0.05, 0.1) is 6.26 Å². The standard InChI is InChI=1S/C14H12N4O3/c19-14(16-9-10-3-1-5-15-8-10)17-13-7-12(21-18-13)11-4-2-6-20-11/h1-8H,9H2,(H2,16,17,18,19). The molecule has 7 nitrogen and oxygen atoms in total. The summed E-state index contributed by atoms with van der Waals surface area (Å²) in [6.45, 7) is 0.378. The second-order valence-corrected chi connectivity index (χ2v) is 4.22. The highest BCUT2D eigenvalue weighted by Gasteiger charge is 2.11. The lowest BCUT2D eigenvalue weighted by Crippen LogP contribution is -2.28. The molecule has 3 aromatic heterocycles. The van der Waals surface area contributed by atoms with Crippen molar-refractivity contribution in [3.63, 3.8) is 0 Å². The van der Waals surface area contributed by atoms with Crippen LogP contribution in [0.1, 0.15) is 5.56 Å². The first kappa shape index (κ1) is 12.9. The van der Waals surface area contributed by atoms with Crippen LogP contribution in [0.4, 0.5) is 10.6 Å². The molecule has 0 saturated carbocycles. The monoisotopic (exact) mass is 284 g/mol. The van der Waals surface area contributed by atoms with E-state index in [1.807, 2.05) is 12.1 Å². The van der Waals surface area contributed by atoms with Gasteiger partial charge in [-0.15, -0.1) is 0 Å². The third-order valence-electron chi connectivity index (χ3n) is 2.69. The number of furan rings is 1. The molecule has 0 aliphatic carbocycles. The summed E-state index contributed by atoms with van der Waals surface area (Å²) in [6.07, 6.45) is 4.89. The number of amides is 2. The maximum atomic E-state index is 11.7. The Morgan fingerprint density at radius 2 is 2.19 bits per heavy atom. The second kappa shape index (κ2) is 5.91. The zero-order chi connectivity index (χ0) is 14.5. The lowest BCUT2D eigenvalue weighted by Gasteiger charge is -2.04. The van der Waals surface area contributed by atoms with E-state index in [4.69, 9.17) is 8.94 Å². The minimum Gasteiger partial charge on any atom is -0.461 e. The Hall–Kier alpha value is -3.09. The van der Waals surface area contributed by atoms with Crippen LogP contribution >= 0.6 is 0 Å². The number of hydrogen-bond donors (Lipinski definition) is 2. The summed E-state index contributed by atoms with van der Waals surface area (Å²) in [5, 5.41) is 9.02. The molecule has 0 saturated heterocycles. The van der Waals surface area contributed by atoms with Gasteiger partial charge in [0.1, 0.15) is 0 Å². The molecule has 3 heterocycles. The average Bonchev–Trinajstić information content (AvgIpc) is 3.17. The molecule has 7 heteroatoms. The number of urea groups is 1. The van der Waals surface area contributed by atoms with E-state index in [1.165, 1.54) is 6.26 Å². The number of anilines is 1. The van der Waals surface area contributed by atoms with Gasteiger partial charge in [-0.3, -0.25) is 10.3 Å². The summed E-state index contributed by atoms with van der Waals surface area (Å²) in [5.41, 5.74) is 0.907. The minimum absolute atomic E-state index is 0.310. The first-order chi connectivity index (χ1) is 10.3. The molecule has 3 aromatic rings. The third kappa shape index (κ3) is 3.27. The predicted octanol–water partition coefficient (Wildman–Crippen LogP) is 2.65. The molecule has 0 unspecified atom stereocenters. The van der Waals surface area contributed by atoms with Gasteiger partial charge >= 0.3 is 6.03 Å². The molecule has 0 aliphatic heterocycles. The van der Waals surface area contributed by atoms with Crippen molar-refractivity contribution in [1.82, 2.24) is 15.5 Å². The van der Waals surface area contributed by atoms with Gasteiger partial charge in [-0.1, -0.05) is 11.2 Å². The van der Waals surface area contributed by atoms with Gasteiger partial charge in [-0.2, -0.15) is 0 Å². The lowest BCUT2D eigenvalue weighted by molar-refractivity contribution is 0.251. The molecule has 2 N–H and O–H groups in total. The molecule has 0 bridgehead atoms. The zero-order valence-corrected chi connectivity index (χ0v) is 10.9. The first-order valence-electron chi connectivity index (χ1n) is 6.25. The highest BCUT2D eigenvalue weighted by atomic mass is 16.5. The van der Waals surface area contributed by atoms with Crippen molar-refractivity contribution < 1.29 is 13.7 Å². The molecular weight excluding hydrogens is 272 g/mol. The molecule has 106 valence electrons. The molecule has 0 spiro atoms. The van der Waals surface area contributed by atoms with Crippen LogP contribution in [-0.2, 0) is 6.54 Å². The van der Waals surface area contributed by atoms with Gasteiger partial charge in [0.25, 0.3) is 0 Å². The van der Waals surface area contributed by atoms with Gasteiger partial charge in [-0.25, -0.2) is 4.79 Å². The maximum Gasteiger partial charge on any atom is 0.320 e. The normalized spacial score (nSPS) is 10.3. The molecular formula is C14H12N4O3. The van der Waals surface area contributed by atoms with Crippen LogP contribution in [0.3, 0.4) is 0 Å². The molecule has 0 aliphatic rings. The van der Waals surface area contributed by atoms with E-state index in [2.05, 4.69) is 20.8 Å². The van der Waals surface area contributed by atoms with Gasteiger partial charge in [0.15, 0.2) is 11.6 Å².